The molecule has 2 aromatic rings. The first-order chi connectivity index (χ1) is 14.9. The van der Waals surface area contributed by atoms with E-state index < -0.39 is 26.8 Å². The molecule has 0 radical (unpaired) electrons. The summed E-state index contributed by atoms with van der Waals surface area (Å²) < 4.78 is 9.37. The van der Waals surface area contributed by atoms with Crippen molar-refractivity contribution in [2.24, 2.45) is 0 Å². The molecule has 2 aliphatic rings. The van der Waals surface area contributed by atoms with Crippen LogP contribution >= 0.6 is 34.8 Å². The fourth-order valence-electron chi connectivity index (χ4n) is 4.10. The second kappa shape index (κ2) is 9.25. The van der Waals surface area contributed by atoms with E-state index in [0.717, 1.165) is 11.3 Å². The lowest BCUT2D eigenvalue weighted by atomic mass is 9.84. The number of halogens is 3. The van der Waals surface area contributed by atoms with Crippen molar-refractivity contribution < 1.29 is 14.4 Å². The normalized spacial score (nSPS) is 24.3. The summed E-state index contributed by atoms with van der Waals surface area (Å²) in [6.45, 7) is 2.54. The quantitative estimate of drug-likeness (QED) is 0.351. The fraction of sp³-hybridized carbons (Fsp3) is 0.364. The van der Waals surface area contributed by atoms with Crippen LogP contribution in [0.3, 0.4) is 0 Å². The first-order valence-electron chi connectivity index (χ1n) is 9.92. The van der Waals surface area contributed by atoms with Crippen LogP contribution in [0.25, 0.3) is 5.70 Å². The Morgan fingerprint density at radius 1 is 1.06 bits per heavy atom. The molecule has 1 saturated heterocycles. The lowest BCUT2D eigenvalue weighted by Gasteiger charge is -2.38. The molecule has 1 fully saturated rings. The molecule has 3 atom stereocenters. The summed E-state index contributed by atoms with van der Waals surface area (Å²) in [5.41, 5.74) is 2.54. The zero-order chi connectivity index (χ0) is 22.0. The first kappa shape index (κ1) is 22.2. The van der Waals surface area contributed by atoms with Crippen LogP contribution in [0.1, 0.15) is 17.0 Å². The molecule has 0 amide bonds. The van der Waals surface area contributed by atoms with Gasteiger partial charge >= 0.3 is 0 Å². The predicted molar refractivity (Wildman–Crippen MR) is 121 cm³/mol. The number of hydrogen-bond donors (Lipinski definition) is 0. The zero-order valence-electron chi connectivity index (χ0n) is 16.5. The molecule has 2 aromatic carbocycles. The Morgan fingerprint density at radius 2 is 1.71 bits per heavy atom. The molecule has 2 aliphatic heterocycles. The number of rotatable bonds is 4. The lowest BCUT2D eigenvalue weighted by molar-refractivity contribution is -0.536. The minimum absolute atomic E-state index is 0.411. The largest absolute Gasteiger partial charge is 0.478 e. The Balaban J connectivity index is 1.88. The molecule has 0 aromatic heterocycles. The van der Waals surface area contributed by atoms with E-state index in [1.54, 1.807) is 12.1 Å². The highest BCUT2D eigenvalue weighted by molar-refractivity contribution is 6.68. The van der Waals surface area contributed by atoms with E-state index in [-0.39, 0.29) is 0 Å². The van der Waals surface area contributed by atoms with Crippen LogP contribution in [0.4, 0.5) is 0 Å². The number of benzene rings is 2. The predicted octanol–water partition coefficient (Wildman–Crippen LogP) is 4.92. The van der Waals surface area contributed by atoms with Crippen LogP contribution in [0.2, 0.25) is 0 Å². The number of morpholine rings is 1. The Labute approximate surface area is 195 Å². The van der Waals surface area contributed by atoms with Crippen LogP contribution < -0.4 is 4.74 Å². The van der Waals surface area contributed by atoms with Gasteiger partial charge in [-0.05, 0) is 17.7 Å². The van der Waals surface area contributed by atoms with Gasteiger partial charge in [-0.3, -0.25) is 10.1 Å². The fourth-order valence-corrected chi connectivity index (χ4v) is 4.62. The van der Waals surface area contributed by atoms with Gasteiger partial charge in [-0.1, -0.05) is 83.3 Å². The van der Waals surface area contributed by atoms with Crippen molar-refractivity contribution in [3.8, 4) is 5.75 Å². The summed E-state index contributed by atoms with van der Waals surface area (Å²) >= 11 is 18.4. The van der Waals surface area contributed by atoms with Crippen molar-refractivity contribution in [1.82, 2.24) is 4.90 Å². The zero-order valence-corrected chi connectivity index (χ0v) is 18.8. The van der Waals surface area contributed by atoms with Crippen LogP contribution in [-0.2, 0) is 4.74 Å². The minimum atomic E-state index is -1.97. The molecule has 9 heteroatoms. The number of para-hydroxylation sites is 1. The summed E-state index contributed by atoms with van der Waals surface area (Å²) in [6, 6.07) is 15.7. The molecule has 0 aliphatic carbocycles. The third kappa shape index (κ3) is 4.77. The van der Waals surface area contributed by atoms with Crippen molar-refractivity contribution in [1.29, 1.82) is 0 Å². The van der Waals surface area contributed by atoms with Crippen molar-refractivity contribution in [2.45, 2.75) is 21.9 Å². The van der Waals surface area contributed by atoms with Gasteiger partial charge in [0, 0.05) is 29.3 Å². The number of hydrogen-bond acceptors (Lipinski definition) is 5. The molecule has 0 unspecified atom stereocenters. The highest BCUT2D eigenvalue weighted by Crippen LogP contribution is 2.46. The Kier molecular flexibility index (Phi) is 6.63. The smallest absolute Gasteiger partial charge is 0.263 e. The molecule has 164 valence electrons. The number of nitrogens with zero attached hydrogens (tertiary/aromatic N) is 2. The molecule has 2 heterocycles. The molecule has 0 N–H and O–H groups in total. The molecule has 4 rings (SSSR count). The van der Waals surface area contributed by atoms with E-state index in [0.29, 0.717) is 37.6 Å². The molecule has 31 heavy (non-hydrogen) atoms. The average molecular weight is 484 g/mol. The molecule has 0 spiro atoms. The number of nitro groups is 1. The number of alkyl halides is 3. The summed E-state index contributed by atoms with van der Waals surface area (Å²) in [4.78, 5) is 14.0. The maximum Gasteiger partial charge on any atom is 0.263 e. The van der Waals surface area contributed by atoms with Gasteiger partial charge in [0.1, 0.15) is 5.75 Å². The third-order valence-electron chi connectivity index (χ3n) is 5.53. The number of fused-ring (bicyclic) bond motifs is 1. The summed E-state index contributed by atoms with van der Waals surface area (Å²) in [7, 11) is 0. The molecular weight excluding hydrogens is 463 g/mol. The summed E-state index contributed by atoms with van der Waals surface area (Å²) in [5, 5.41) is 12.2. The van der Waals surface area contributed by atoms with Gasteiger partial charge in [0.25, 0.3) is 6.04 Å². The standard InChI is InChI=1S/C22H21Cl3N2O4/c23-22(24,25)21-20(27(28)29)17(16-8-4-5-9-19(16)31-21)14-18(15-6-2-1-3-7-15)26-10-12-30-13-11-26/h1-9,14,17,20-21H,10-13H2/b18-14+/t17-,20+,21+/m1/s1. The monoisotopic (exact) mass is 482 g/mol. The maximum absolute atomic E-state index is 12.2. The van der Waals surface area contributed by atoms with Crippen LogP contribution in [0.15, 0.2) is 60.7 Å². The Bertz CT molecular complexity index is 959. The third-order valence-corrected chi connectivity index (χ3v) is 6.18. The van der Waals surface area contributed by atoms with Gasteiger partial charge in [-0.2, -0.15) is 0 Å². The van der Waals surface area contributed by atoms with Crippen molar-refractivity contribution >= 4 is 40.5 Å². The van der Waals surface area contributed by atoms with Crippen LogP contribution in [0, 0.1) is 10.1 Å². The highest BCUT2D eigenvalue weighted by atomic mass is 35.6. The summed E-state index contributed by atoms with van der Waals surface area (Å²) in [6.07, 6.45) is 0.671. The van der Waals surface area contributed by atoms with Crippen molar-refractivity contribution in [3.05, 3.63) is 81.9 Å². The van der Waals surface area contributed by atoms with Gasteiger partial charge in [-0.15, -0.1) is 0 Å². The minimum Gasteiger partial charge on any atom is -0.478 e. The van der Waals surface area contributed by atoms with E-state index in [9.17, 15) is 10.1 Å². The van der Waals surface area contributed by atoms with E-state index >= 15 is 0 Å². The lowest BCUT2D eigenvalue weighted by Crippen LogP contribution is -2.52. The highest BCUT2D eigenvalue weighted by Gasteiger charge is 2.54. The molecule has 0 saturated carbocycles. The maximum atomic E-state index is 12.2. The van der Waals surface area contributed by atoms with Crippen LogP contribution in [-0.4, -0.2) is 52.1 Å². The number of ether oxygens (including phenoxy) is 2. The van der Waals surface area contributed by atoms with Crippen molar-refractivity contribution in [2.75, 3.05) is 26.3 Å². The molecule has 0 bridgehead atoms. The SMILES string of the molecule is O=[N+]([O-])[C@H]1[C@H](/C=C(\c2ccccc2)N2CCOCC2)c2ccccc2O[C@@H]1C(Cl)(Cl)Cl. The van der Waals surface area contributed by atoms with Crippen LogP contribution in [0.5, 0.6) is 5.75 Å². The topological polar surface area (TPSA) is 64.8 Å². The van der Waals surface area contributed by atoms with Gasteiger partial charge in [0.05, 0.1) is 19.1 Å². The van der Waals surface area contributed by atoms with Crippen molar-refractivity contribution in [3.63, 3.8) is 0 Å². The van der Waals surface area contributed by atoms with E-state index in [4.69, 9.17) is 44.3 Å². The van der Waals surface area contributed by atoms with Gasteiger partial charge in [-0.25, -0.2) is 0 Å². The van der Waals surface area contributed by atoms with Gasteiger partial charge in [0.15, 0.2) is 0 Å². The first-order valence-corrected chi connectivity index (χ1v) is 11.1. The molecule has 6 nitrogen and oxygen atoms in total. The van der Waals surface area contributed by atoms with E-state index in [2.05, 4.69) is 4.90 Å². The Hall–Kier alpha value is -1.99. The van der Waals surface area contributed by atoms with Gasteiger partial charge in [0.2, 0.25) is 9.90 Å². The van der Waals surface area contributed by atoms with Gasteiger partial charge < -0.3 is 14.4 Å². The van der Waals surface area contributed by atoms with E-state index in [1.807, 2.05) is 48.5 Å². The summed E-state index contributed by atoms with van der Waals surface area (Å²) in [5.74, 6) is -0.175. The average Bonchev–Trinajstić information content (AvgIpc) is 2.77. The second-order valence-corrected chi connectivity index (χ2v) is 9.81. The Morgan fingerprint density at radius 3 is 2.35 bits per heavy atom. The molecular formula is C22H21Cl3N2O4. The second-order valence-electron chi connectivity index (χ2n) is 7.44. The van der Waals surface area contributed by atoms with E-state index in [1.165, 1.54) is 0 Å².